The first-order valence-corrected chi connectivity index (χ1v) is 16.4. The number of halogens is 1. The quantitative estimate of drug-likeness (QED) is 0.213. The van der Waals surface area contributed by atoms with Crippen molar-refractivity contribution in [1.29, 1.82) is 0 Å². The molecule has 224 valence electrons. The average molecular weight is 601 g/mol. The molecule has 2 aromatic carbocycles. The summed E-state index contributed by atoms with van der Waals surface area (Å²) in [5, 5.41) is 18.8. The van der Waals surface area contributed by atoms with E-state index in [1.165, 1.54) is 48.9 Å². The van der Waals surface area contributed by atoms with Crippen molar-refractivity contribution >= 4 is 27.3 Å². The van der Waals surface area contributed by atoms with Crippen molar-refractivity contribution in [2.24, 2.45) is 17.8 Å². The van der Waals surface area contributed by atoms with Crippen LogP contribution in [0.5, 0.6) is 5.75 Å². The summed E-state index contributed by atoms with van der Waals surface area (Å²) < 4.78 is 27.0. The van der Waals surface area contributed by atoms with Crippen LogP contribution in [-0.2, 0) is 22.5 Å². The molecule has 1 aliphatic heterocycles. The molecule has 43 heavy (non-hydrogen) atoms. The highest BCUT2D eigenvalue weighted by Gasteiger charge is 2.39. The number of amides is 1. The van der Waals surface area contributed by atoms with Crippen LogP contribution < -0.4 is 15.4 Å². The molecule has 7 nitrogen and oxygen atoms in total. The van der Waals surface area contributed by atoms with E-state index in [1.807, 2.05) is 5.38 Å². The molecule has 3 fully saturated rings. The number of fused-ring (bicyclic) bond motifs is 5. The molecule has 3 aliphatic carbocycles. The molecule has 1 amide bonds. The number of nitrogens with one attached hydrogen (secondary N) is 2. The van der Waals surface area contributed by atoms with E-state index >= 15 is 0 Å². The van der Waals surface area contributed by atoms with Gasteiger partial charge < -0.3 is 20.1 Å². The highest BCUT2D eigenvalue weighted by atomic mass is 32.1. The molecule has 0 radical (unpaired) electrons. The number of ether oxygens (including phenoxy) is 2. The Kier molecular flexibility index (Phi) is 8.37. The van der Waals surface area contributed by atoms with Crippen molar-refractivity contribution in [2.45, 2.75) is 45.1 Å². The lowest BCUT2D eigenvalue weighted by Crippen LogP contribution is -2.42. The monoisotopic (exact) mass is 600 g/mol. The molecule has 4 aliphatic rings. The van der Waals surface area contributed by atoms with Crippen LogP contribution in [0.2, 0.25) is 0 Å². The topological polar surface area (TPSA) is 85.4 Å². The minimum Gasteiger partial charge on any atom is -0.490 e. The van der Waals surface area contributed by atoms with Crippen LogP contribution in [0.4, 0.5) is 4.39 Å². The van der Waals surface area contributed by atoms with E-state index in [0.29, 0.717) is 42.7 Å². The van der Waals surface area contributed by atoms with Crippen molar-refractivity contribution < 1.29 is 18.7 Å². The zero-order chi connectivity index (χ0) is 29.2. The van der Waals surface area contributed by atoms with Crippen LogP contribution >= 0.6 is 11.3 Å². The lowest BCUT2D eigenvalue weighted by Gasteiger charge is -2.41. The molecule has 9 heteroatoms. The van der Waals surface area contributed by atoms with Crippen molar-refractivity contribution in [3.63, 3.8) is 0 Å². The number of thiophene rings is 1. The van der Waals surface area contributed by atoms with Gasteiger partial charge in [-0.15, -0.1) is 21.5 Å². The zero-order valence-electron chi connectivity index (χ0n) is 24.2. The molecule has 0 saturated heterocycles. The molecule has 8 rings (SSSR count). The van der Waals surface area contributed by atoms with Crippen molar-refractivity contribution in [1.82, 2.24) is 20.8 Å². The Balaban J connectivity index is 0.985. The molecule has 3 saturated carbocycles. The first-order valence-electron chi connectivity index (χ1n) is 15.5. The molecule has 2 bridgehead atoms. The Morgan fingerprint density at radius 3 is 2.74 bits per heavy atom. The Morgan fingerprint density at radius 1 is 1.00 bits per heavy atom. The standard InChI is InChI=1S/C34H37FN4O3S/c35-26-7-8-27(30(19-26)42-15-14-41-13-12-37-34(40)29-17-21-1-3-22(29)4-2-21)32-33-28(10-16-43-33)31(38-39-32)24-5-6-25-20-36-11-9-23(25)18-24/h5-8,10,16,18-19,21-22,29,36H,1-4,9,11-15,17,20H2,(H,37,40). The Labute approximate surface area is 255 Å². The van der Waals surface area contributed by atoms with Crippen LogP contribution in [0.15, 0.2) is 47.8 Å². The number of benzene rings is 2. The van der Waals surface area contributed by atoms with Gasteiger partial charge in [0.25, 0.3) is 0 Å². The maximum Gasteiger partial charge on any atom is 0.223 e. The van der Waals surface area contributed by atoms with Gasteiger partial charge in [0.15, 0.2) is 0 Å². The predicted octanol–water partition coefficient (Wildman–Crippen LogP) is 6.15. The van der Waals surface area contributed by atoms with E-state index in [9.17, 15) is 9.18 Å². The molecule has 2 aromatic heterocycles. The van der Waals surface area contributed by atoms with E-state index in [1.54, 1.807) is 17.4 Å². The summed E-state index contributed by atoms with van der Waals surface area (Å²) in [4.78, 5) is 12.7. The third-order valence-electron chi connectivity index (χ3n) is 9.37. The number of rotatable bonds is 10. The molecule has 3 heterocycles. The highest BCUT2D eigenvalue weighted by Crippen LogP contribution is 2.45. The van der Waals surface area contributed by atoms with Crippen molar-refractivity contribution in [2.75, 3.05) is 32.9 Å². The van der Waals surface area contributed by atoms with Crippen LogP contribution in [0.25, 0.3) is 32.6 Å². The smallest absolute Gasteiger partial charge is 0.223 e. The van der Waals surface area contributed by atoms with Gasteiger partial charge >= 0.3 is 0 Å². The number of hydrogen-bond acceptors (Lipinski definition) is 7. The van der Waals surface area contributed by atoms with Gasteiger partial charge in [0.2, 0.25) is 5.91 Å². The van der Waals surface area contributed by atoms with E-state index < -0.39 is 0 Å². The molecule has 0 spiro atoms. The molecule has 2 N–H and O–H groups in total. The third kappa shape index (κ3) is 6.03. The Morgan fingerprint density at radius 2 is 1.88 bits per heavy atom. The van der Waals surface area contributed by atoms with E-state index in [4.69, 9.17) is 9.47 Å². The van der Waals surface area contributed by atoms with Gasteiger partial charge in [-0.2, -0.15) is 0 Å². The summed E-state index contributed by atoms with van der Waals surface area (Å²) in [6.07, 6.45) is 7.00. The van der Waals surface area contributed by atoms with Crippen LogP contribution in [-0.4, -0.2) is 49.0 Å². The van der Waals surface area contributed by atoms with Gasteiger partial charge in [0.1, 0.15) is 29.6 Å². The number of hydrogen-bond donors (Lipinski definition) is 2. The summed E-state index contributed by atoms with van der Waals surface area (Å²) in [5.74, 6) is 1.65. The van der Waals surface area contributed by atoms with Gasteiger partial charge in [-0.3, -0.25) is 4.79 Å². The van der Waals surface area contributed by atoms with Gasteiger partial charge in [-0.05, 0) is 84.8 Å². The van der Waals surface area contributed by atoms with Crippen LogP contribution in [0.1, 0.15) is 43.2 Å². The second kappa shape index (κ2) is 12.7. The first-order chi connectivity index (χ1) is 21.1. The fourth-order valence-electron chi connectivity index (χ4n) is 7.09. The predicted molar refractivity (Wildman–Crippen MR) is 167 cm³/mol. The molecular weight excluding hydrogens is 563 g/mol. The Bertz CT molecular complexity index is 1620. The fraction of sp³-hybridized carbons (Fsp3) is 0.441. The SMILES string of the molecule is O=C(NCCOCCOc1cc(F)ccc1-c1nnc(-c2ccc3c(c2)CCNC3)c2ccsc12)C1CC2CCC1CC2. The van der Waals surface area contributed by atoms with Crippen molar-refractivity contribution in [3.05, 3.63) is 64.8 Å². The van der Waals surface area contributed by atoms with Crippen molar-refractivity contribution in [3.8, 4) is 28.3 Å². The van der Waals surface area contributed by atoms with Crippen LogP contribution in [0, 0.1) is 23.6 Å². The number of aromatic nitrogens is 2. The van der Waals surface area contributed by atoms with Crippen LogP contribution in [0.3, 0.4) is 0 Å². The van der Waals surface area contributed by atoms with Gasteiger partial charge in [0, 0.05) is 41.6 Å². The second-order valence-corrected chi connectivity index (χ2v) is 12.9. The van der Waals surface area contributed by atoms with Gasteiger partial charge in [0.05, 0.1) is 17.9 Å². The van der Waals surface area contributed by atoms with E-state index in [-0.39, 0.29) is 24.2 Å². The minimum absolute atomic E-state index is 0.171. The molecule has 4 aromatic rings. The number of carbonyl (C=O) groups excluding carboxylic acids is 1. The highest BCUT2D eigenvalue weighted by molar-refractivity contribution is 7.17. The first kappa shape index (κ1) is 28.4. The fourth-order valence-corrected chi connectivity index (χ4v) is 7.99. The average Bonchev–Trinajstić information content (AvgIpc) is 3.55. The largest absolute Gasteiger partial charge is 0.490 e. The van der Waals surface area contributed by atoms with Gasteiger partial charge in [-0.25, -0.2) is 4.39 Å². The number of carbonyl (C=O) groups is 1. The lowest BCUT2D eigenvalue weighted by molar-refractivity contribution is -0.130. The molecule has 1 unspecified atom stereocenters. The maximum absolute atomic E-state index is 14.3. The summed E-state index contributed by atoms with van der Waals surface area (Å²) in [6, 6.07) is 13.1. The lowest BCUT2D eigenvalue weighted by atomic mass is 9.64. The Hall–Kier alpha value is -3.40. The summed E-state index contributed by atoms with van der Waals surface area (Å²) in [7, 11) is 0. The second-order valence-electron chi connectivity index (χ2n) is 12.0. The van der Waals surface area contributed by atoms with E-state index in [0.717, 1.165) is 53.2 Å². The normalized spacial score (nSPS) is 21.1. The zero-order valence-corrected chi connectivity index (χ0v) is 25.1. The summed E-state index contributed by atoms with van der Waals surface area (Å²) in [6.45, 7) is 3.34. The molecule has 1 atom stereocenters. The third-order valence-corrected chi connectivity index (χ3v) is 10.3. The van der Waals surface area contributed by atoms with E-state index in [2.05, 4.69) is 45.1 Å². The minimum atomic E-state index is -0.380. The van der Waals surface area contributed by atoms with Gasteiger partial charge in [-0.1, -0.05) is 25.0 Å². The summed E-state index contributed by atoms with van der Waals surface area (Å²) in [5.41, 5.74) is 5.94. The molecular formula is C34H37FN4O3S. The number of nitrogens with zero attached hydrogens (tertiary/aromatic N) is 2. The maximum atomic E-state index is 14.3. The summed E-state index contributed by atoms with van der Waals surface area (Å²) >= 11 is 1.59.